The maximum atomic E-state index is 4.71. The Morgan fingerprint density at radius 3 is 2.94 bits per heavy atom. The van der Waals surface area contributed by atoms with E-state index in [0.29, 0.717) is 5.92 Å². The molecule has 3 rings (SSSR count). The van der Waals surface area contributed by atoms with Crippen molar-refractivity contribution in [2.75, 3.05) is 18.0 Å². The predicted molar refractivity (Wildman–Crippen MR) is 64.6 cm³/mol. The van der Waals surface area contributed by atoms with Crippen molar-refractivity contribution in [1.82, 2.24) is 9.97 Å². The summed E-state index contributed by atoms with van der Waals surface area (Å²) in [5.74, 6) is 3.66. The van der Waals surface area contributed by atoms with Crippen LogP contribution < -0.4 is 4.90 Å². The van der Waals surface area contributed by atoms with E-state index in [1.54, 1.807) is 0 Å². The zero-order valence-electron chi connectivity index (χ0n) is 9.89. The highest BCUT2D eigenvalue weighted by Gasteiger charge is 2.27. The fourth-order valence-corrected chi connectivity index (χ4v) is 2.48. The van der Waals surface area contributed by atoms with Crippen molar-refractivity contribution in [1.29, 1.82) is 0 Å². The van der Waals surface area contributed by atoms with Gasteiger partial charge in [0.05, 0.1) is 0 Å². The average molecular weight is 217 g/mol. The van der Waals surface area contributed by atoms with E-state index in [9.17, 15) is 0 Å². The average Bonchev–Trinajstić information content (AvgIpc) is 3.13. The Hall–Kier alpha value is -1.12. The van der Waals surface area contributed by atoms with Gasteiger partial charge in [0.15, 0.2) is 0 Å². The first-order chi connectivity index (χ1) is 7.83. The maximum absolute atomic E-state index is 4.71. The zero-order valence-corrected chi connectivity index (χ0v) is 9.89. The first kappa shape index (κ1) is 10.1. The summed E-state index contributed by atoms with van der Waals surface area (Å²) in [6.45, 7) is 4.64. The molecule has 0 spiro atoms. The Bertz CT molecular complexity index is 373. The number of anilines is 1. The largest absolute Gasteiger partial charge is 0.356 e. The van der Waals surface area contributed by atoms with Crippen molar-refractivity contribution in [3.8, 4) is 0 Å². The van der Waals surface area contributed by atoms with E-state index in [2.05, 4.69) is 22.9 Å². The Kier molecular flexibility index (Phi) is 2.54. The summed E-state index contributed by atoms with van der Waals surface area (Å²) in [6, 6.07) is 2.06. The summed E-state index contributed by atoms with van der Waals surface area (Å²) in [4.78, 5) is 11.5. The summed E-state index contributed by atoms with van der Waals surface area (Å²) >= 11 is 0. The van der Waals surface area contributed by atoms with Crippen LogP contribution in [0, 0.1) is 5.92 Å². The summed E-state index contributed by atoms with van der Waals surface area (Å²) in [5, 5.41) is 0. The summed E-state index contributed by atoms with van der Waals surface area (Å²) < 4.78 is 0. The fraction of sp³-hybridized carbons (Fsp3) is 0.692. The third-order valence-corrected chi connectivity index (χ3v) is 3.58. The van der Waals surface area contributed by atoms with Gasteiger partial charge >= 0.3 is 0 Å². The third kappa shape index (κ3) is 2.04. The van der Waals surface area contributed by atoms with Crippen LogP contribution in [0.2, 0.25) is 0 Å². The Morgan fingerprint density at radius 2 is 2.19 bits per heavy atom. The SMILES string of the molecule is CC1CCCN(c2ccnc(C3CC3)n2)C1. The van der Waals surface area contributed by atoms with E-state index in [-0.39, 0.29) is 0 Å². The van der Waals surface area contributed by atoms with Crippen molar-refractivity contribution in [3.63, 3.8) is 0 Å². The lowest BCUT2D eigenvalue weighted by molar-refractivity contribution is 0.444. The van der Waals surface area contributed by atoms with Crippen LogP contribution in [0.25, 0.3) is 0 Å². The van der Waals surface area contributed by atoms with Gasteiger partial charge in [-0.2, -0.15) is 0 Å². The van der Waals surface area contributed by atoms with Crippen LogP contribution in [0.1, 0.15) is 44.3 Å². The standard InChI is InChI=1S/C13H19N3/c1-10-3-2-8-16(9-10)12-6-7-14-13(15-12)11-4-5-11/h6-7,10-11H,2-5,8-9H2,1H3. The smallest absolute Gasteiger partial charge is 0.133 e. The van der Waals surface area contributed by atoms with Gasteiger partial charge in [-0.15, -0.1) is 0 Å². The molecule has 0 amide bonds. The van der Waals surface area contributed by atoms with E-state index in [1.807, 2.05) is 6.20 Å². The van der Waals surface area contributed by atoms with Crippen molar-refractivity contribution in [2.24, 2.45) is 5.92 Å². The molecule has 3 nitrogen and oxygen atoms in total. The molecule has 0 radical (unpaired) electrons. The molecule has 2 aliphatic rings. The third-order valence-electron chi connectivity index (χ3n) is 3.58. The Labute approximate surface area is 96.9 Å². The van der Waals surface area contributed by atoms with Gasteiger partial charge in [0.1, 0.15) is 11.6 Å². The summed E-state index contributed by atoms with van der Waals surface area (Å²) in [5.41, 5.74) is 0. The van der Waals surface area contributed by atoms with Crippen LogP contribution in [0.3, 0.4) is 0 Å². The van der Waals surface area contributed by atoms with Crippen molar-refractivity contribution >= 4 is 5.82 Å². The van der Waals surface area contributed by atoms with Gasteiger partial charge in [0.2, 0.25) is 0 Å². The molecule has 2 heterocycles. The lowest BCUT2D eigenvalue weighted by atomic mass is 10.0. The fourth-order valence-electron chi connectivity index (χ4n) is 2.48. The number of nitrogens with zero attached hydrogens (tertiary/aromatic N) is 3. The highest BCUT2D eigenvalue weighted by molar-refractivity contribution is 5.38. The zero-order chi connectivity index (χ0) is 11.0. The number of hydrogen-bond acceptors (Lipinski definition) is 3. The van der Waals surface area contributed by atoms with Gasteiger partial charge in [0.25, 0.3) is 0 Å². The molecule has 1 aliphatic carbocycles. The van der Waals surface area contributed by atoms with Crippen molar-refractivity contribution in [3.05, 3.63) is 18.1 Å². The van der Waals surface area contributed by atoms with Gasteiger partial charge in [0, 0.05) is 25.2 Å². The van der Waals surface area contributed by atoms with Crippen LogP contribution in [0.4, 0.5) is 5.82 Å². The second-order valence-electron chi connectivity index (χ2n) is 5.24. The number of rotatable bonds is 2. The molecule has 1 unspecified atom stereocenters. The minimum atomic E-state index is 0.655. The number of piperidine rings is 1. The maximum Gasteiger partial charge on any atom is 0.133 e. The summed E-state index contributed by atoms with van der Waals surface area (Å²) in [7, 11) is 0. The topological polar surface area (TPSA) is 29.0 Å². The number of hydrogen-bond donors (Lipinski definition) is 0. The molecule has 16 heavy (non-hydrogen) atoms. The molecule has 1 aromatic heterocycles. The van der Waals surface area contributed by atoms with Gasteiger partial charge in [-0.3, -0.25) is 0 Å². The van der Waals surface area contributed by atoms with E-state index >= 15 is 0 Å². The molecule has 1 saturated carbocycles. The van der Waals surface area contributed by atoms with Crippen LogP contribution in [-0.4, -0.2) is 23.1 Å². The molecular weight excluding hydrogens is 198 g/mol. The highest BCUT2D eigenvalue weighted by Crippen LogP contribution is 2.38. The van der Waals surface area contributed by atoms with Gasteiger partial charge < -0.3 is 4.90 Å². The van der Waals surface area contributed by atoms with E-state index < -0.39 is 0 Å². The summed E-state index contributed by atoms with van der Waals surface area (Å²) in [6.07, 6.45) is 7.13. The normalized spacial score (nSPS) is 25.8. The minimum Gasteiger partial charge on any atom is -0.356 e. The van der Waals surface area contributed by atoms with E-state index in [4.69, 9.17) is 4.98 Å². The molecule has 1 saturated heterocycles. The quantitative estimate of drug-likeness (QED) is 0.762. The molecule has 0 bridgehead atoms. The second kappa shape index (κ2) is 4.04. The van der Waals surface area contributed by atoms with E-state index in [0.717, 1.165) is 30.6 Å². The molecule has 2 fully saturated rings. The molecule has 1 aromatic rings. The molecule has 3 heteroatoms. The molecule has 1 aliphatic heterocycles. The van der Waals surface area contributed by atoms with Crippen molar-refractivity contribution in [2.45, 2.75) is 38.5 Å². The molecular formula is C13H19N3. The lowest BCUT2D eigenvalue weighted by Gasteiger charge is -2.31. The highest BCUT2D eigenvalue weighted by atomic mass is 15.2. The minimum absolute atomic E-state index is 0.655. The first-order valence-electron chi connectivity index (χ1n) is 6.41. The van der Waals surface area contributed by atoms with E-state index in [1.165, 1.54) is 25.7 Å². The van der Waals surface area contributed by atoms with Gasteiger partial charge in [-0.25, -0.2) is 9.97 Å². The predicted octanol–water partition coefficient (Wildman–Crippen LogP) is 2.59. The van der Waals surface area contributed by atoms with Crippen LogP contribution >= 0.6 is 0 Å². The Balaban J connectivity index is 1.79. The number of aromatic nitrogens is 2. The molecule has 1 atom stereocenters. The molecule has 86 valence electrons. The van der Waals surface area contributed by atoms with Crippen LogP contribution in [-0.2, 0) is 0 Å². The molecule has 0 N–H and O–H groups in total. The monoisotopic (exact) mass is 217 g/mol. The van der Waals surface area contributed by atoms with Crippen LogP contribution in [0.15, 0.2) is 12.3 Å². The van der Waals surface area contributed by atoms with Gasteiger partial charge in [-0.1, -0.05) is 6.92 Å². The van der Waals surface area contributed by atoms with Crippen LogP contribution in [0.5, 0.6) is 0 Å². The lowest BCUT2D eigenvalue weighted by Crippen LogP contribution is -2.34. The van der Waals surface area contributed by atoms with Gasteiger partial charge in [-0.05, 0) is 37.7 Å². The Morgan fingerprint density at radius 1 is 1.31 bits per heavy atom. The molecule has 0 aromatic carbocycles. The first-order valence-corrected chi connectivity index (χ1v) is 6.41. The second-order valence-corrected chi connectivity index (χ2v) is 5.24. The van der Waals surface area contributed by atoms with Crippen molar-refractivity contribution < 1.29 is 0 Å².